The molecule has 3 heterocycles. The van der Waals surface area contributed by atoms with Crippen LogP contribution < -0.4 is 10.2 Å². The molecule has 2 saturated heterocycles. The molecular formula is C11H16ClN3S. The second-order valence-corrected chi connectivity index (χ2v) is 5.78. The van der Waals surface area contributed by atoms with Crippen molar-refractivity contribution in [2.24, 2.45) is 0 Å². The first kappa shape index (κ1) is 10.8. The zero-order valence-electron chi connectivity index (χ0n) is 9.16. The van der Waals surface area contributed by atoms with Gasteiger partial charge in [0.05, 0.1) is 0 Å². The van der Waals surface area contributed by atoms with Crippen LogP contribution in [0.5, 0.6) is 0 Å². The topological polar surface area (TPSA) is 28.2 Å². The van der Waals surface area contributed by atoms with Crippen LogP contribution in [-0.4, -0.2) is 30.2 Å². The first-order valence-electron chi connectivity index (χ1n) is 5.95. The Morgan fingerprint density at radius 1 is 1.44 bits per heavy atom. The lowest BCUT2D eigenvalue weighted by molar-refractivity contribution is 0.482. The third-order valence-corrected chi connectivity index (χ3v) is 4.77. The van der Waals surface area contributed by atoms with Gasteiger partial charge >= 0.3 is 0 Å². The fraction of sp³-hybridized carbons (Fsp3) is 0.727. The number of hydrogen-bond acceptors (Lipinski definition) is 4. The van der Waals surface area contributed by atoms with E-state index in [0.717, 1.165) is 11.7 Å². The fourth-order valence-corrected chi connectivity index (χ4v) is 3.90. The normalized spacial score (nSPS) is 30.2. The van der Waals surface area contributed by atoms with Crippen molar-refractivity contribution in [1.82, 2.24) is 10.3 Å². The van der Waals surface area contributed by atoms with E-state index in [1.165, 1.54) is 32.2 Å². The average Bonchev–Trinajstić information content (AvgIpc) is 2.96. The van der Waals surface area contributed by atoms with E-state index < -0.39 is 0 Å². The van der Waals surface area contributed by atoms with Gasteiger partial charge in [-0.05, 0) is 32.2 Å². The van der Waals surface area contributed by atoms with Crippen molar-refractivity contribution in [3.05, 3.63) is 10.5 Å². The molecule has 1 aromatic rings. The second kappa shape index (κ2) is 4.51. The Balaban J connectivity index is 1.78. The van der Waals surface area contributed by atoms with Gasteiger partial charge < -0.3 is 10.2 Å². The zero-order chi connectivity index (χ0) is 11.0. The summed E-state index contributed by atoms with van der Waals surface area (Å²) in [6, 6.07) is 1.29. The van der Waals surface area contributed by atoms with Gasteiger partial charge in [-0.15, -0.1) is 11.3 Å². The van der Waals surface area contributed by atoms with Gasteiger partial charge in [0.15, 0.2) is 5.13 Å². The minimum atomic E-state index is 0.629. The average molecular weight is 258 g/mol. The molecule has 2 atom stereocenters. The minimum absolute atomic E-state index is 0.629. The number of rotatable bonds is 2. The van der Waals surface area contributed by atoms with Gasteiger partial charge in [0.2, 0.25) is 0 Å². The summed E-state index contributed by atoms with van der Waals surface area (Å²) in [7, 11) is 0. The first-order valence-corrected chi connectivity index (χ1v) is 7.21. The summed E-state index contributed by atoms with van der Waals surface area (Å²) in [6.07, 6.45) is 5.18. The predicted octanol–water partition coefficient (Wildman–Crippen LogP) is 2.52. The molecule has 0 amide bonds. The molecule has 16 heavy (non-hydrogen) atoms. The van der Waals surface area contributed by atoms with Crippen molar-refractivity contribution in [3.63, 3.8) is 0 Å². The summed E-state index contributed by atoms with van der Waals surface area (Å²) in [5.74, 6) is 0. The minimum Gasteiger partial charge on any atom is -0.344 e. The molecule has 0 aromatic carbocycles. The quantitative estimate of drug-likeness (QED) is 0.883. The molecule has 0 aliphatic carbocycles. The summed E-state index contributed by atoms with van der Waals surface area (Å²) in [6.45, 7) is 2.31. The van der Waals surface area contributed by atoms with Gasteiger partial charge in [-0.1, -0.05) is 11.6 Å². The smallest absolute Gasteiger partial charge is 0.187 e. The van der Waals surface area contributed by atoms with Crippen LogP contribution in [0.2, 0.25) is 5.15 Å². The second-order valence-electron chi connectivity index (χ2n) is 4.56. The van der Waals surface area contributed by atoms with Gasteiger partial charge in [-0.25, -0.2) is 4.98 Å². The van der Waals surface area contributed by atoms with E-state index in [1.54, 1.807) is 11.3 Å². The van der Waals surface area contributed by atoms with E-state index in [-0.39, 0.29) is 0 Å². The number of nitrogens with one attached hydrogen (secondary N) is 1. The molecule has 1 aromatic heterocycles. The molecule has 88 valence electrons. The molecule has 2 aliphatic rings. The third-order valence-electron chi connectivity index (χ3n) is 3.57. The Hall–Kier alpha value is -0.320. The lowest BCUT2D eigenvalue weighted by Gasteiger charge is -2.29. The van der Waals surface area contributed by atoms with E-state index >= 15 is 0 Å². The van der Waals surface area contributed by atoms with Crippen LogP contribution in [0.25, 0.3) is 0 Å². The van der Waals surface area contributed by atoms with Crippen molar-refractivity contribution in [3.8, 4) is 0 Å². The number of halogens is 1. The summed E-state index contributed by atoms with van der Waals surface area (Å²) in [5, 5.41) is 7.26. The molecule has 1 N–H and O–H groups in total. The number of aromatic nitrogens is 1. The van der Waals surface area contributed by atoms with Crippen molar-refractivity contribution in [1.29, 1.82) is 0 Å². The summed E-state index contributed by atoms with van der Waals surface area (Å²) in [5.41, 5.74) is 0. The Morgan fingerprint density at radius 2 is 2.38 bits per heavy atom. The lowest BCUT2D eigenvalue weighted by Crippen LogP contribution is -2.44. The molecule has 2 unspecified atom stereocenters. The summed E-state index contributed by atoms with van der Waals surface area (Å²) < 4.78 is 0. The van der Waals surface area contributed by atoms with Crippen LogP contribution in [0, 0.1) is 0 Å². The van der Waals surface area contributed by atoms with Crippen LogP contribution in [0.15, 0.2) is 5.38 Å². The lowest BCUT2D eigenvalue weighted by atomic mass is 10.0. The molecule has 0 saturated carbocycles. The number of nitrogens with zero attached hydrogens (tertiary/aromatic N) is 2. The van der Waals surface area contributed by atoms with E-state index in [4.69, 9.17) is 11.6 Å². The molecular weight excluding hydrogens is 242 g/mol. The molecule has 2 aliphatic heterocycles. The number of anilines is 1. The van der Waals surface area contributed by atoms with E-state index in [2.05, 4.69) is 15.2 Å². The van der Waals surface area contributed by atoms with Gasteiger partial charge in [0.1, 0.15) is 5.15 Å². The van der Waals surface area contributed by atoms with Crippen molar-refractivity contribution in [2.45, 2.75) is 37.8 Å². The van der Waals surface area contributed by atoms with Crippen LogP contribution in [0.1, 0.15) is 25.7 Å². The highest BCUT2D eigenvalue weighted by molar-refractivity contribution is 7.14. The summed E-state index contributed by atoms with van der Waals surface area (Å²) >= 11 is 7.57. The SMILES string of the molecule is Clc1csc(N2CCCC2C2CCCN2)n1. The van der Waals surface area contributed by atoms with Crippen LogP contribution in [-0.2, 0) is 0 Å². The van der Waals surface area contributed by atoms with Crippen LogP contribution in [0.4, 0.5) is 5.13 Å². The van der Waals surface area contributed by atoms with Gasteiger partial charge in [0, 0.05) is 24.0 Å². The maximum atomic E-state index is 5.90. The highest BCUT2D eigenvalue weighted by atomic mass is 35.5. The van der Waals surface area contributed by atoms with Gasteiger partial charge in [-0.2, -0.15) is 0 Å². The summed E-state index contributed by atoms with van der Waals surface area (Å²) in [4.78, 5) is 6.84. The Morgan fingerprint density at radius 3 is 3.06 bits per heavy atom. The number of hydrogen-bond donors (Lipinski definition) is 1. The molecule has 0 radical (unpaired) electrons. The van der Waals surface area contributed by atoms with Crippen LogP contribution in [0.3, 0.4) is 0 Å². The molecule has 5 heteroatoms. The largest absolute Gasteiger partial charge is 0.344 e. The molecule has 3 nitrogen and oxygen atoms in total. The standard InChI is InChI=1S/C11H16ClN3S/c12-10-7-16-11(14-10)15-6-2-4-9(15)8-3-1-5-13-8/h7-9,13H,1-6H2. The van der Waals surface area contributed by atoms with Crippen LogP contribution >= 0.6 is 22.9 Å². The molecule has 3 rings (SSSR count). The maximum Gasteiger partial charge on any atom is 0.187 e. The molecule has 0 spiro atoms. The maximum absolute atomic E-state index is 5.90. The Labute approximate surface area is 105 Å². The predicted molar refractivity (Wildman–Crippen MR) is 68.5 cm³/mol. The Kier molecular flexibility index (Phi) is 3.05. The van der Waals surface area contributed by atoms with E-state index in [1.807, 2.05) is 5.38 Å². The zero-order valence-corrected chi connectivity index (χ0v) is 10.7. The third kappa shape index (κ3) is 1.94. The van der Waals surface area contributed by atoms with Gasteiger partial charge in [0.25, 0.3) is 0 Å². The molecule has 0 bridgehead atoms. The molecule has 2 fully saturated rings. The van der Waals surface area contributed by atoms with E-state index in [9.17, 15) is 0 Å². The Bertz CT molecular complexity index is 362. The van der Waals surface area contributed by atoms with Crippen molar-refractivity contribution >= 4 is 28.1 Å². The first-order chi connectivity index (χ1) is 7.84. The van der Waals surface area contributed by atoms with Crippen molar-refractivity contribution in [2.75, 3.05) is 18.0 Å². The van der Waals surface area contributed by atoms with E-state index in [0.29, 0.717) is 17.2 Å². The fourth-order valence-electron chi connectivity index (χ4n) is 2.87. The number of thiazole rings is 1. The monoisotopic (exact) mass is 257 g/mol. The highest BCUT2D eigenvalue weighted by Gasteiger charge is 2.34. The van der Waals surface area contributed by atoms with Gasteiger partial charge in [-0.3, -0.25) is 0 Å². The van der Waals surface area contributed by atoms with Crippen molar-refractivity contribution < 1.29 is 0 Å². The highest BCUT2D eigenvalue weighted by Crippen LogP contribution is 2.32.